The van der Waals surface area contributed by atoms with Gasteiger partial charge in [-0.3, -0.25) is 19.2 Å². The lowest BCUT2D eigenvalue weighted by Crippen LogP contribution is -2.55. The van der Waals surface area contributed by atoms with Crippen molar-refractivity contribution >= 4 is 23.7 Å². The van der Waals surface area contributed by atoms with E-state index in [1.165, 1.54) is 4.90 Å². The van der Waals surface area contributed by atoms with Gasteiger partial charge in [-0.1, -0.05) is 51.1 Å². The van der Waals surface area contributed by atoms with E-state index in [1.807, 2.05) is 51.1 Å². The van der Waals surface area contributed by atoms with Gasteiger partial charge in [-0.2, -0.15) is 0 Å². The number of amides is 3. The van der Waals surface area contributed by atoms with E-state index in [2.05, 4.69) is 10.6 Å². The molecule has 0 spiro atoms. The number of carbonyl (C=O) groups excluding carboxylic acids is 3. The molecule has 31 heavy (non-hydrogen) atoms. The molecule has 0 saturated carbocycles. The van der Waals surface area contributed by atoms with Crippen LogP contribution in [0.4, 0.5) is 0 Å². The fraction of sp³-hybridized carbons (Fsp3) is 0.565. The number of nitrogens with zero attached hydrogens (tertiary/aromatic N) is 1. The number of rotatable bonds is 9. The Labute approximate surface area is 183 Å². The second-order valence-electron chi connectivity index (χ2n) is 8.56. The lowest BCUT2D eigenvalue weighted by molar-refractivity contribution is -0.146. The summed E-state index contributed by atoms with van der Waals surface area (Å²) in [5.41, 5.74) is 0.963. The zero-order valence-corrected chi connectivity index (χ0v) is 18.6. The quantitative estimate of drug-likeness (QED) is 0.554. The Morgan fingerprint density at radius 2 is 1.71 bits per heavy atom. The third-order valence-corrected chi connectivity index (χ3v) is 5.65. The van der Waals surface area contributed by atoms with E-state index in [-0.39, 0.29) is 36.1 Å². The molecule has 1 fully saturated rings. The highest BCUT2D eigenvalue weighted by molar-refractivity contribution is 5.93. The van der Waals surface area contributed by atoms with E-state index in [9.17, 15) is 19.2 Å². The van der Waals surface area contributed by atoms with E-state index in [1.54, 1.807) is 6.92 Å². The lowest BCUT2D eigenvalue weighted by atomic mass is 10.0. The summed E-state index contributed by atoms with van der Waals surface area (Å²) < 4.78 is 0. The second kappa shape index (κ2) is 10.9. The number of carboxylic acid groups (broad SMARTS) is 1. The van der Waals surface area contributed by atoms with Gasteiger partial charge in [0.05, 0.1) is 12.5 Å². The van der Waals surface area contributed by atoms with E-state index < -0.39 is 24.0 Å². The fourth-order valence-electron chi connectivity index (χ4n) is 3.85. The summed E-state index contributed by atoms with van der Waals surface area (Å²) in [5, 5.41) is 14.7. The van der Waals surface area contributed by atoms with Crippen LogP contribution in [-0.2, 0) is 19.2 Å². The van der Waals surface area contributed by atoms with E-state index >= 15 is 0 Å². The summed E-state index contributed by atoms with van der Waals surface area (Å²) in [5.74, 6) is -2.91. The van der Waals surface area contributed by atoms with Gasteiger partial charge in [0.2, 0.25) is 17.7 Å². The normalized spacial score (nSPS) is 18.9. The van der Waals surface area contributed by atoms with Gasteiger partial charge in [-0.05, 0) is 31.2 Å². The molecule has 0 unspecified atom stereocenters. The van der Waals surface area contributed by atoms with Crippen molar-refractivity contribution in [1.82, 2.24) is 15.5 Å². The summed E-state index contributed by atoms with van der Waals surface area (Å²) in [7, 11) is 0. The van der Waals surface area contributed by atoms with Crippen LogP contribution in [-0.4, -0.2) is 52.3 Å². The maximum Gasteiger partial charge on any atom is 0.304 e. The molecule has 1 aromatic carbocycles. The van der Waals surface area contributed by atoms with Crippen LogP contribution in [0, 0.1) is 11.8 Å². The molecular weight excluding hydrogens is 398 g/mol. The third-order valence-electron chi connectivity index (χ3n) is 5.65. The molecule has 170 valence electrons. The van der Waals surface area contributed by atoms with Crippen LogP contribution in [0.15, 0.2) is 30.3 Å². The average Bonchev–Trinajstić information content (AvgIpc) is 3.20. The highest BCUT2D eigenvalue weighted by atomic mass is 16.4. The fourth-order valence-corrected chi connectivity index (χ4v) is 3.85. The van der Waals surface area contributed by atoms with Crippen molar-refractivity contribution in [3.63, 3.8) is 0 Å². The van der Waals surface area contributed by atoms with Gasteiger partial charge < -0.3 is 20.6 Å². The van der Waals surface area contributed by atoms with E-state index in [4.69, 9.17) is 5.11 Å². The molecule has 1 aromatic rings. The van der Waals surface area contributed by atoms with Crippen LogP contribution in [0.5, 0.6) is 0 Å². The van der Waals surface area contributed by atoms with Crippen molar-refractivity contribution in [2.24, 2.45) is 11.8 Å². The highest BCUT2D eigenvalue weighted by Crippen LogP contribution is 2.22. The molecule has 3 amide bonds. The topological polar surface area (TPSA) is 116 Å². The van der Waals surface area contributed by atoms with Gasteiger partial charge in [-0.25, -0.2) is 0 Å². The standard InChI is InChI=1S/C23H33N3O5/c1-14(2)20(22(30)24-16(4)17-9-6-5-7-10-17)25-21(29)18-11-8-12-26(18)23(31)15(3)13-19(27)28/h5-7,9-10,14-16,18,20H,8,11-13H2,1-4H3,(H,24,30)(H,25,29)(H,27,28)/t15-,16+,18-,20+/m0/s1. The SMILES string of the molecule is CC(C)[C@@H](NC(=O)[C@@H]1CCCN1C(=O)[C@@H](C)CC(=O)O)C(=O)N[C@H](C)c1ccccc1. The van der Waals surface area contributed by atoms with Gasteiger partial charge in [0.1, 0.15) is 12.1 Å². The van der Waals surface area contributed by atoms with Crippen LogP contribution < -0.4 is 10.6 Å². The summed E-state index contributed by atoms with van der Waals surface area (Å²) in [6.07, 6.45) is 0.871. The number of carbonyl (C=O) groups is 4. The Kier molecular flexibility index (Phi) is 8.59. The maximum absolute atomic E-state index is 13.0. The van der Waals surface area contributed by atoms with E-state index in [0.717, 1.165) is 5.56 Å². The minimum absolute atomic E-state index is 0.150. The van der Waals surface area contributed by atoms with Crippen LogP contribution in [0.1, 0.15) is 58.6 Å². The van der Waals surface area contributed by atoms with Crippen molar-refractivity contribution < 1.29 is 24.3 Å². The molecule has 1 aliphatic rings. The van der Waals surface area contributed by atoms with Crippen molar-refractivity contribution in [1.29, 1.82) is 0 Å². The summed E-state index contributed by atoms with van der Waals surface area (Å²) >= 11 is 0. The van der Waals surface area contributed by atoms with Crippen molar-refractivity contribution in [3.05, 3.63) is 35.9 Å². The van der Waals surface area contributed by atoms with Gasteiger partial charge >= 0.3 is 5.97 Å². The first-order valence-corrected chi connectivity index (χ1v) is 10.8. The molecule has 1 heterocycles. The Hall–Kier alpha value is -2.90. The molecule has 0 aromatic heterocycles. The minimum atomic E-state index is -1.05. The number of hydrogen-bond acceptors (Lipinski definition) is 4. The molecule has 4 atom stereocenters. The van der Waals surface area contributed by atoms with Gasteiger partial charge in [0.25, 0.3) is 0 Å². The van der Waals surface area contributed by atoms with Crippen LogP contribution in [0.25, 0.3) is 0 Å². The van der Waals surface area contributed by atoms with Crippen molar-refractivity contribution in [3.8, 4) is 0 Å². The maximum atomic E-state index is 13.0. The zero-order valence-electron chi connectivity index (χ0n) is 18.6. The monoisotopic (exact) mass is 431 g/mol. The number of nitrogens with one attached hydrogen (secondary N) is 2. The first-order chi connectivity index (χ1) is 14.6. The van der Waals surface area contributed by atoms with Crippen molar-refractivity contribution in [2.45, 2.75) is 65.1 Å². The molecule has 8 heteroatoms. The Morgan fingerprint density at radius 3 is 2.29 bits per heavy atom. The van der Waals surface area contributed by atoms with Crippen LogP contribution >= 0.6 is 0 Å². The average molecular weight is 432 g/mol. The summed E-state index contributed by atoms with van der Waals surface area (Å²) in [6.45, 7) is 7.55. The third kappa shape index (κ3) is 6.54. The first-order valence-electron chi connectivity index (χ1n) is 10.8. The number of likely N-dealkylation sites (tertiary alicyclic amines) is 1. The highest BCUT2D eigenvalue weighted by Gasteiger charge is 2.38. The van der Waals surface area contributed by atoms with Crippen LogP contribution in [0.3, 0.4) is 0 Å². The van der Waals surface area contributed by atoms with Crippen LogP contribution in [0.2, 0.25) is 0 Å². The molecule has 8 nitrogen and oxygen atoms in total. The van der Waals surface area contributed by atoms with Gasteiger partial charge in [-0.15, -0.1) is 0 Å². The number of carboxylic acids is 1. The molecule has 1 saturated heterocycles. The Morgan fingerprint density at radius 1 is 1.06 bits per heavy atom. The molecular formula is C23H33N3O5. The zero-order chi connectivity index (χ0) is 23.1. The number of aliphatic carboxylic acids is 1. The van der Waals surface area contributed by atoms with E-state index in [0.29, 0.717) is 19.4 Å². The Bertz CT molecular complexity index is 796. The molecule has 0 radical (unpaired) electrons. The number of benzene rings is 1. The summed E-state index contributed by atoms with van der Waals surface area (Å²) in [4.78, 5) is 50.9. The smallest absolute Gasteiger partial charge is 0.304 e. The van der Waals surface area contributed by atoms with Crippen molar-refractivity contribution in [2.75, 3.05) is 6.54 Å². The Balaban J connectivity index is 2.04. The molecule has 2 rings (SSSR count). The predicted molar refractivity (Wildman–Crippen MR) is 116 cm³/mol. The number of hydrogen-bond donors (Lipinski definition) is 3. The molecule has 1 aliphatic heterocycles. The predicted octanol–water partition coefficient (Wildman–Crippen LogP) is 2.11. The summed E-state index contributed by atoms with van der Waals surface area (Å²) in [6, 6.07) is 7.90. The second-order valence-corrected chi connectivity index (χ2v) is 8.56. The minimum Gasteiger partial charge on any atom is -0.481 e. The lowest BCUT2D eigenvalue weighted by Gasteiger charge is -2.29. The largest absolute Gasteiger partial charge is 0.481 e. The van der Waals surface area contributed by atoms with Gasteiger partial charge in [0.15, 0.2) is 0 Å². The molecule has 0 aliphatic carbocycles. The first kappa shape index (κ1) is 24.4. The van der Waals surface area contributed by atoms with Gasteiger partial charge in [0, 0.05) is 12.5 Å². The molecule has 0 bridgehead atoms. The molecule has 3 N–H and O–H groups in total.